The summed E-state index contributed by atoms with van der Waals surface area (Å²) in [5, 5.41) is 8.17. The van der Waals surface area contributed by atoms with Crippen LogP contribution in [0, 0.1) is 17.9 Å². The van der Waals surface area contributed by atoms with E-state index in [0.717, 1.165) is 18.1 Å². The number of hydrogen-bond acceptors (Lipinski definition) is 5. The van der Waals surface area contributed by atoms with Crippen LogP contribution < -0.4 is 0 Å². The lowest BCUT2D eigenvalue weighted by atomic mass is 10.3. The van der Waals surface area contributed by atoms with Crippen molar-refractivity contribution in [1.82, 2.24) is 0 Å². The molecule has 0 atom stereocenters. The number of nitrogens with zero attached hydrogens (tertiary/aromatic N) is 2. The van der Waals surface area contributed by atoms with Gasteiger partial charge < -0.3 is 4.79 Å². The molecule has 8 heteroatoms. The molecular weight excluding hydrogens is 360 g/mol. The molecule has 0 bridgehead atoms. The minimum atomic E-state index is -2.67. The zero-order valence-electron chi connectivity index (χ0n) is 13.8. The van der Waals surface area contributed by atoms with E-state index in [0.29, 0.717) is 0 Å². The van der Waals surface area contributed by atoms with Crippen LogP contribution in [0.2, 0.25) is 0 Å². The standard InChI is InChI=1S/C6H6N2.C3H6O.C2H6O2S.C2H6OS.4CH4/c1-5(2)6(4-7)8-3;1-3(2)4;1-5(2,3)4;1-4(2)3;;;;/h1-2H3;1-2H3;1-2H3;1-2H3;4*1H4. The van der Waals surface area contributed by atoms with Crippen LogP contribution in [0.1, 0.15) is 57.4 Å². The van der Waals surface area contributed by atoms with E-state index >= 15 is 0 Å². The van der Waals surface area contributed by atoms with Gasteiger partial charge in [-0.25, -0.2) is 18.5 Å². The Hall–Kier alpha value is -1.51. The number of nitriles is 1. The lowest BCUT2D eigenvalue weighted by Crippen LogP contribution is -1.86. The number of carbonyl (C=O) groups excluding carboxylic acids is 1. The fourth-order valence-corrected chi connectivity index (χ4v) is 0.249. The van der Waals surface area contributed by atoms with Crippen molar-refractivity contribution >= 4 is 26.4 Å². The first kappa shape index (κ1) is 49.5. The van der Waals surface area contributed by atoms with E-state index in [1.807, 2.05) is 0 Å². The van der Waals surface area contributed by atoms with Gasteiger partial charge in [-0.3, -0.25) is 4.21 Å². The van der Waals surface area contributed by atoms with Crippen molar-refractivity contribution in [2.75, 3.05) is 25.0 Å². The maximum absolute atomic E-state index is 9.63. The SMILES string of the molecule is C.C.C.C.CC(C)=O.CS(C)(=O)=O.CS(C)=O.[C-]#[N+]C(C#N)=C(C)C. The highest BCUT2D eigenvalue weighted by molar-refractivity contribution is 7.89. The first-order chi connectivity index (χ1) is 9.18. The van der Waals surface area contributed by atoms with Crippen LogP contribution in [0.15, 0.2) is 11.3 Å². The number of ketones is 1. The third-order valence-electron chi connectivity index (χ3n) is 0.691. The topological polar surface area (TPSA) is 96.4 Å². The van der Waals surface area contributed by atoms with Gasteiger partial charge in [-0.15, -0.1) is 0 Å². The number of hydrogen-bond donors (Lipinski definition) is 0. The average Bonchev–Trinajstić information content (AvgIpc) is 2.13. The van der Waals surface area contributed by atoms with Crippen molar-refractivity contribution < 1.29 is 17.4 Å². The Kier molecular flexibility index (Phi) is 60.2. The van der Waals surface area contributed by atoms with Crippen molar-refractivity contribution in [2.45, 2.75) is 57.4 Å². The van der Waals surface area contributed by atoms with E-state index in [1.54, 1.807) is 32.4 Å². The average molecular weight is 401 g/mol. The van der Waals surface area contributed by atoms with Gasteiger partial charge in [0.2, 0.25) is 0 Å². The molecule has 0 saturated heterocycles. The minimum absolute atomic E-state index is 0. The fourth-order valence-electron chi connectivity index (χ4n) is 0.249. The summed E-state index contributed by atoms with van der Waals surface area (Å²) in [4.78, 5) is 12.4. The van der Waals surface area contributed by atoms with E-state index in [-0.39, 0.29) is 41.2 Å². The monoisotopic (exact) mass is 400 g/mol. The van der Waals surface area contributed by atoms with E-state index in [2.05, 4.69) is 4.85 Å². The predicted molar refractivity (Wildman–Crippen MR) is 115 cm³/mol. The first-order valence-electron chi connectivity index (χ1n) is 5.51. The highest BCUT2D eigenvalue weighted by atomic mass is 32.2. The van der Waals surface area contributed by atoms with Gasteiger partial charge in [0, 0.05) is 35.8 Å². The molecule has 0 aromatic carbocycles. The van der Waals surface area contributed by atoms with E-state index in [9.17, 15) is 17.4 Å². The second kappa shape index (κ2) is 30.4. The summed E-state index contributed by atoms with van der Waals surface area (Å²) in [6.07, 6.45) is 5.60. The second-order valence-electron chi connectivity index (χ2n) is 4.36. The Morgan fingerprint density at radius 2 is 1.16 bits per heavy atom. The number of carbonyl (C=O) groups is 1. The fraction of sp³-hybridized carbons (Fsp3) is 0.706. The molecule has 0 rings (SSSR count). The molecule has 0 aliphatic heterocycles. The van der Waals surface area contributed by atoms with Crippen molar-refractivity contribution in [3.63, 3.8) is 0 Å². The molecule has 0 spiro atoms. The Morgan fingerprint density at radius 1 is 1.00 bits per heavy atom. The molecule has 25 heavy (non-hydrogen) atoms. The zero-order valence-corrected chi connectivity index (χ0v) is 15.5. The number of Topliss-reactive ketones (excluding diaryl/α,β-unsaturated/α-hetero) is 1. The Morgan fingerprint density at radius 3 is 1.16 bits per heavy atom. The smallest absolute Gasteiger partial charge is 0.260 e. The summed E-state index contributed by atoms with van der Waals surface area (Å²) in [6, 6.07) is 1.78. The van der Waals surface area contributed by atoms with Crippen LogP contribution in [0.5, 0.6) is 0 Å². The largest absolute Gasteiger partial charge is 0.300 e. The van der Waals surface area contributed by atoms with Gasteiger partial charge in [0.15, 0.2) is 0 Å². The van der Waals surface area contributed by atoms with Gasteiger partial charge in [0.1, 0.15) is 15.6 Å². The molecule has 0 N–H and O–H groups in total. The Balaban J connectivity index is -0.0000000254. The van der Waals surface area contributed by atoms with Crippen LogP contribution in [0.25, 0.3) is 4.85 Å². The van der Waals surface area contributed by atoms with Crippen LogP contribution in [-0.4, -0.2) is 43.4 Å². The molecule has 154 valence electrons. The first-order valence-corrected chi connectivity index (χ1v) is 9.77. The van der Waals surface area contributed by atoms with Gasteiger partial charge in [0.05, 0.1) is 12.6 Å². The van der Waals surface area contributed by atoms with E-state index < -0.39 is 20.6 Å². The van der Waals surface area contributed by atoms with Crippen molar-refractivity contribution in [1.29, 1.82) is 5.26 Å². The molecule has 0 amide bonds. The summed E-state index contributed by atoms with van der Waals surface area (Å²) in [6.45, 7) is 13.0. The summed E-state index contributed by atoms with van der Waals surface area (Å²) >= 11 is 0. The lowest BCUT2D eigenvalue weighted by Gasteiger charge is -1.82. The Labute approximate surface area is 160 Å². The molecule has 6 nitrogen and oxygen atoms in total. The van der Waals surface area contributed by atoms with E-state index in [1.165, 1.54) is 13.8 Å². The predicted octanol–water partition coefficient (Wildman–Crippen LogP) is 4.52. The summed E-state index contributed by atoms with van der Waals surface area (Å²) in [5.74, 6) is 0.167. The third-order valence-corrected chi connectivity index (χ3v) is 0.691. The summed E-state index contributed by atoms with van der Waals surface area (Å²) < 4.78 is 28.8. The van der Waals surface area contributed by atoms with Gasteiger partial charge in [-0.2, -0.15) is 0 Å². The molecule has 0 heterocycles. The molecule has 0 aliphatic carbocycles. The van der Waals surface area contributed by atoms with E-state index in [4.69, 9.17) is 11.8 Å². The third kappa shape index (κ3) is 224. The summed E-state index contributed by atoms with van der Waals surface area (Å²) in [7, 11) is -3.28. The highest BCUT2D eigenvalue weighted by Gasteiger charge is 1.91. The molecule has 0 radical (unpaired) electrons. The molecule has 0 saturated carbocycles. The van der Waals surface area contributed by atoms with Gasteiger partial charge in [-0.1, -0.05) is 49.1 Å². The molecule has 0 fully saturated rings. The van der Waals surface area contributed by atoms with Crippen LogP contribution in [-0.2, 0) is 25.4 Å². The zero-order chi connectivity index (χ0) is 18.2. The molecular formula is C17H40N2O4S2. The number of allylic oxidation sites excluding steroid dienone is 2. The van der Waals surface area contributed by atoms with Crippen molar-refractivity contribution in [3.05, 3.63) is 22.7 Å². The molecule has 0 aromatic heterocycles. The van der Waals surface area contributed by atoms with Crippen molar-refractivity contribution in [2.24, 2.45) is 0 Å². The number of rotatable bonds is 0. The van der Waals surface area contributed by atoms with Crippen molar-refractivity contribution in [3.8, 4) is 6.07 Å². The normalized spacial score (nSPS) is 6.84. The quantitative estimate of drug-likeness (QED) is 0.440. The van der Waals surface area contributed by atoms with Crippen LogP contribution in [0.3, 0.4) is 0 Å². The second-order valence-corrected chi connectivity index (χ2v) is 8.13. The molecule has 0 aromatic rings. The summed E-state index contributed by atoms with van der Waals surface area (Å²) in [5.41, 5.74) is 0.979. The lowest BCUT2D eigenvalue weighted by molar-refractivity contribution is -0.115. The van der Waals surface area contributed by atoms with Crippen LogP contribution in [0.4, 0.5) is 0 Å². The number of sulfone groups is 1. The molecule has 0 unspecified atom stereocenters. The minimum Gasteiger partial charge on any atom is -0.300 e. The maximum atomic E-state index is 9.63. The van der Waals surface area contributed by atoms with Gasteiger partial charge >= 0.3 is 0 Å². The molecule has 0 aliphatic rings. The Bertz CT molecular complexity index is 490. The van der Waals surface area contributed by atoms with Gasteiger partial charge in [0.25, 0.3) is 5.70 Å². The highest BCUT2D eigenvalue weighted by Crippen LogP contribution is 2.00. The maximum Gasteiger partial charge on any atom is 0.260 e. The van der Waals surface area contributed by atoms with Crippen LogP contribution >= 0.6 is 0 Å². The van der Waals surface area contributed by atoms with Gasteiger partial charge in [-0.05, 0) is 13.8 Å².